The number of nitrogens with zero attached hydrogens (tertiary/aromatic N) is 2. The van der Waals surface area contributed by atoms with E-state index in [1.54, 1.807) is 0 Å². The molecule has 0 spiro atoms. The van der Waals surface area contributed by atoms with Crippen LogP contribution < -0.4 is 15.4 Å². The van der Waals surface area contributed by atoms with E-state index in [0.29, 0.717) is 38.3 Å². The number of amides is 1. The Morgan fingerprint density at radius 1 is 1.00 bits per heavy atom. The summed E-state index contributed by atoms with van der Waals surface area (Å²) >= 11 is 0. The van der Waals surface area contributed by atoms with E-state index in [4.69, 9.17) is 9.73 Å². The number of rotatable bonds is 10. The molecule has 32 heavy (non-hydrogen) atoms. The number of ether oxygens (including phenoxy) is 1. The van der Waals surface area contributed by atoms with Crippen molar-refractivity contribution in [1.29, 1.82) is 0 Å². The first-order chi connectivity index (χ1) is 15.0. The van der Waals surface area contributed by atoms with Gasteiger partial charge in [-0.2, -0.15) is 0 Å². The molecular weight excluding hydrogens is 515 g/mol. The maximum absolute atomic E-state index is 12.5. The molecular formula is C25H37IN4O2. The Morgan fingerprint density at radius 3 is 2.28 bits per heavy atom. The molecule has 0 saturated heterocycles. The molecule has 0 aromatic heterocycles. The summed E-state index contributed by atoms with van der Waals surface area (Å²) in [6, 6.07) is 13.9. The van der Waals surface area contributed by atoms with E-state index in [-0.39, 0.29) is 29.9 Å². The van der Waals surface area contributed by atoms with Gasteiger partial charge in [0, 0.05) is 37.3 Å². The van der Waals surface area contributed by atoms with E-state index < -0.39 is 0 Å². The number of hydrogen-bond donors (Lipinski definition) is 2. The molecule has 2 rings (SSSR count). The normalized spacial score (nSPS) is 10.8. The number of nitrogens with one attached hydrogen (secondary N) is 2. The first-order valence-electron chi connectivity index (χ1n) is 11.1. The average molecular weight is 553 g/mol. The summed E-state index contributed by atoms with van der Waals surface area (Å²) in [6.45, 7) is 14.1. The zero-order valence-electron chi connectivity index (χ0n) is 19.9. The highest BCUT2D eigenvalue weighted by Gasteiger charge is 2.12. The van der Waals surface area contributed by atoms with Gasteiger partial charge in [0.25, 0.3) is 5.91 Å². The van der Waals surface area contributed by atoms with Crippen molar-refractivity contribution in [2.45, 2.75) is 47.7 Å². The second-order valence-electron chi connectivity index (χ2n) is 7.27. The maximum atomic E-state index is 12.5. The van der Waals surface area contributed by atoms with Crippen molar-refractivity contribution in [1.82, 2.24) is 15.5 Å². The minimum absolute atomic E-state index is 0. The van der Waals surface area contributed by atoms with E-state index in [1.807, 2.05) is 56.9 Å². The van der Waals surface area contributed by atoms with E-state index in [9.17, 15) is 4.79 Å². The third kappa shape index (κ3) is 8.33. The van der Waals surface area contributed by atoms with E-state index in [2.05, 4.69) is 35.8 Å². The van der Waals surface area contributed by atoms with Gasteiger partial charge in [0.15, 0.2) is 5.96 Å². The fraction of sp³-hybridized carbons (Fsp3) is 0.440. The van der Waals surface area contributed by atoms with Crippen LogP contribution in [0, 0.1) is 6.92 Å². The van der Waals surface area contributed by atoms with Crippen LogP contribution in [-0.4, -0.2) is 43.0 Å². The Hall–Kier alpha value is -2.29. The number of aryl methyl sites for hydroxylation is 1. The first kappa shape index (κ1) is 27.7. The lowest BCUT2D eigenvalue weighted by Gasteiger charge is -2.18. The summed E-state index contributed by atoms with van der Waals surface area (Å²) in [4.78, 5) is 19.0. The van der Waals surface area contributed by atoms with Gasteiger partial charge in [-0.3, -0.25) is 4.79 Å². The van der Waals surface area contributed by atoms with Gasteiger partial charge in [-0.05, 0) is 63.9 Å². The fourth-order valence-corrected chi connectivity index (χ4v) is 3.23. The minimum atomic E-state index is 0. The first-order valence-corrected chi connectivity index (χ1v) is 11.1. The molecule has 7 heteroatoms. The zero-order valence-corrected chi connectivity index (χ0v) is 22.2. The quantitative estimate of drug-likeness (QED) is 0.254. The topological polar surface area (TPSA) is 66.0 Å². The van der Waals surface area contributed by atoms with Crippen LogP contribution in [0.5, 0.6) is 5.75 Å². The average Bonchev–Trinajstić information content (AvgIpc) is 2.78. The van der Waals surface area contributed by atoms with Crippen LogP contribution in [0.1, 0.15) is 54.7 Å². The third-order valence-electron chi connectivity index (χ3n) is 4.98. The number of carbonyl (C=O) groups excluding carboxylic acids is 1. The number of hydrogen-bond acceptors (Lipinski definition) is 3. The van der Waals surface area contributed by atoms with Crippen molar-refractivity contribution in [2.75, 3.05) is 26.2 Å². The van der Waals surface area contributed by atoms with Crippen LogP contribution in [0.25, 0.3) is 0 Å². The molecule has 0 fully saturated rings. The molecule has 0 atom stereocenters. The van der Waals surface area contributed by atoms with Crippen LogP contribution in [0.3, 0.4) is 0 Å². The molecule has 2 N–H and O–H groups in total. The van der Waals surface area contributed by atoms with Gasteiger partial charge in [-0.1, -0.05) is 24.3 Å². The molecule has 1 amide bonds. The largest absolute Gasteiger partial charge is 0.494 e. The SMILES string of the molecule is CCNC(=NCc1ccc(C(=O)N(CC)CC)cc1)NCc1ccc(C)cc1OCC.I. The predicted octanol–water partition coefficient (Wildman–Crippen LogP) is 4.75. The Labute approximate surface area is 209 Å². The van der Waals surface area contributed by atoms with Gasteiger partial charge in [0.05, 0.1) is 13.2 Å². The van der Waals surface area contributed by atoms with E-state index in [0.717, 1.165) is 29.4 Å². The van der Waals surface area contributed by atoms with Gasteiger partial charge >= 0.3 is 0 Å². The van der Waals surface area contributed by atoms with Crippen molar-refractivity contribution in [2.24, 2.45) is 4.99 Å². The molecule has 0 bridgehead atoms. The van der Waals surface area contributed by atoms with Crippen molar-refractivity contribution < 1.29 is 9.53 Å². The molecule has 0 aliphatic carbocycles. The summed E-state index contributed by atoms with van der Waals surface area (Å²) in [5.41, 5.74) is 4.04. The number of guanidine groups is 1. The van der Waals surface area contributed by atoms with Crippen molar-refractivity contribution >= 4 is 35.8 Å². The molecule has 176 valence electrons. The van der Waals surface area contributed by atoms with Gasteiger partial charge in [-0.25, -0.2) is 4.99 Å². The predicted molar refractivity (Wildman–Crippen MR) is 143 cm³/mol. The molecule has 0 heterocycles. The summed E-state index contributed by atoms with van der Waals surface area (Å²) < 4.78 is 5.77. The van der Waals surface area contributed by atoms with Crippen LogP contribution in [0.15, 0.2) is 47.5 Å². The molecule has 2 aromatic carbocycles. The molecule has 0 radical (unpaired) electrons. The van der Waals surface area contributed by atoms with Crippen molar-refractivity contribution in [3.05, 3.63) is 64.7 Å². The Balaban J connectivity index is 0.00000512. The molecule has 0 aliphatic heterocycles. The van der Waals surface area contributed by atoms with Crippen LogP contribution in [0.2, 0.25) is 0 Å². The Morgan fingerprint density at radius 2 is 1.69 bits per heavy atom. The highest BCUT2D eigenvalue weighted by Crippen LogP contribution is 2.20. The van der Waals surface area contributed by atoms with Gasteiger partial charge < -0.3 is 20.3 Å². The van der Waals surface area contributed by atoms with Crippen LogP contribution in [-0.2, 0) is 13.1 Å². The second kappa shape index (κ2) is 14.7. The number of carbonyl (C=O) groups is 1. The van der Waals surface area contributed by atoms with Gasteiger partial charge in [0.2, 0.25) is 0 Å². The summed E-state index contributed by atoms with van der Waals surface area (Å²) in [5, 5.41) is 6.67. The van der Waals surface area contributed by atoms with E-state index >= 15 is 0 Å². The lowest BCUT2D eigenvalue weighted by Crippen LogP contribution is -2.36. The third-order valence-corrected chi connectivity index (χ3v) is 4.98. The van der Waals surface area contributed by atoms with Crippen LogP contribution >= 0.6 is 24.0 Å². The smallest absolute Gasteiger partial charge is 0.253 e. The van der Waals surface area contributed by atoms with Crippen LogP contribution in [0.4, 0.5) is 0 Å². The lowest BCUT2D eigenvalue weighted by atomic mass is 10.1. The standard InChI is InChI=1S/C25H36N4O2.HI/c1-6-26-25(28-18-22-13-10-19(5)16-23(22)31-9-4)27-17-20-11-14-21(15-12-20)24(30)29(7-2)8-3;/h10-16H,6-9,17-18H2,1-5H3,(H2,26,27,28);1H. The summed E-state index contributed by atoms with van der Waals surface area (Å²) in [5.74, 6) is 1.71. The minimum Gasteiger partial charge on any atom is -0.494 e. The van der Waals surface area contributed by atoms with Gasteiger partial charge in [-0.15, -0.1) is 24.0 Å². The molecule has 6 nitrogen and oxygen atoms in total. The summed E-state index contributed by atoms with van der Waals surface area (Å²) in [7, 11) is 0. The number of aliphatic imine (C=N–C) groups is 1. The van der Waals surface area contributed by atoms with Crippen molar-refractivity contribution in [3.63, 3.8) is 0 Å². The molecule has 0 saturated carbocycles. The van der Waals surface area contributed by atoms with E-state index in [1.165, 1.54) is 5.56 Å². The fourth-order valence-electron chi connectivity index (χ4n) is 3.23. The van der Waals surface area contributed by atoms with Gasteiger partial charge in [0.1, 0.15) is 5.75 Å². The highest BCUT2D eigenvalue weighted by molar-refractivity contribution is 14.0. The maximum Gasteiger partial charge on any atom is 0.253 e. The second-order valence-corrected chi connectivity index (χ2v) is 7.27. The Kier molecular flexibility index (Phi) is 12.8. The monoisotopic (exact) mass is 552 g/mol. The molecule has 0 aliphatic rings. The number of benzene rings is 2. The molecule has 0 unspecified atom stereocenters. The summed E-state index contributed by atoms with van der Waals surface area (Å²) in [6.07, 6.45) is 0. The Bertz CT molecular complexity index is 865. The molecule has 2 aromatic rings. The zero-order chi connectivity index (χ0) is 22.6. The lowest BCUT2D eigenvalue weighted by molar-refractivity contribution is 0.0773. The highest BCUT2D eigenvalue weighted by atomic mass is 127. The van der Waals surface area contributed by atoms with Crippen molar-refractivity contribution in [3.8, 4) is 5.75 Å². The number of halogens is 1.